The molecule has 0 aromatic heterocycles. The van der Waals surface area contributed by atoms with Gasteiger partial charge in [-0.05, 0) is 51.1 Å². The number of hydrogen-bond acceptors (Lipinski definition) is 3. The lowest BCUT2D eigenvalue weighted by molar-refractivity contribution is 0.241. The second-order valence-corrected chi connectivity index (χ2v) is 5.19. The molecule has 3 heteroatoms. The van der Waals surface area contributed by atoms with Crippen molar-refractivity contribution in [2.24, 2.45) is 0 Å². The molecule has 18 heavy (non-hydrogen) atoms. The van der Waals surface area contributed by atoms with Crippen LogP contribution in [0.3, 0.4) is 0 Å². The Morgan fingerprint density at radius 2 is 2.17 bits per heavy atom. The lowest BCUT2D eigenvalue weighted by Crippen LogP contribution is -2.27. The van der Waals surface area contributed by atoms with E-state index in [1.807, 2.05) is 6.07 Å². The van der Waals surface area contributed by atoms with Gasteiger partial charge in [0.05, 0.1) is 6.10 Å². The third kappa shape index (κ3) is 4.31. The Morgan fingerprint density at radius 3 is 3.00 bits per heavy atom. The molecule has 0 amide bonds. The summed E-state index contributed by atoms with van der Waals surface area (Å²) in [5.41, 5.74) is 1.34. The Bertz CT molecular complexity index is 357. The van der Waals surface area contributed by atoms with Crippen molar-refractivity contribution in [3.63, 3.8) is 0 Å². The summed E-state index contributed by atoms with van der Waals surface area (Å²) in [6, 6.07) is 8.47. The van der Waals surface area contributed by atoms with Gasteiger partial charge in [0.1, 0.15) is 5.75 Å². The normalized spacial score (nSPS) is 17.7. The van der Waals surface area contributed by atoms with Crippen LogP contribution in [0.2, 0.25) is 0 Å². The molecular formula is C15H24N2O. The summed E-state index contributed by atoms with van der Waals surface area (Å²) in [6.45, 7) is 9.71. The van der Waals surface area contributed by atoms with E-state index in [2.05, 4.69) is 42.3 Å². The molecule has 0 atom stereocenters. The molecule has 1 fully saturated rings. The molecule has 1 aliphatic rings. The number of rotatable bonds is 4. The maximum absolute atomic E-state index is 5.74. The van der Waals surface area contributed by atoms with Crippen LogP contribution in [-0.4, -0.2) is 37.2 Å². The first-order valence-corrected chi connectivity index (χ1v) is 6.93. The number of ether oxygens (including phenoxy) is 1. The van der Waals surface area contributed by atoms with Crippen molar-refractivity contribution in [3.05, 3.63) is 29.8 Å². The molecule has 0 saturated carbocycles. The average molecular weight is 248 g/mol. The summed E-state index contributed by atoms with van der Waals surface area (Å²) in [7, 11) is 0. The highest BCUT2D eigenvalue weighted by Crippen LogP contribution is 2.16. The zero-order valence-electron chi connectivity index (χ0n) is 11.5. The molecule has 3 nitrogen and oxygen atoms in total. The van der Waals surface area contributed by atoms with Crippen LogP contribution in [0, 0.1) is 0 Å². The monoisotopic (exact) mass is 248 g/mol. The lowest BCUT2D eigenvalue weighted by atomic mass is 10.2. The average Bonchev–Trinajstić information content (AvgIpc) is 2.57. The van der Waals surface area contributed by atoms with Crippen molar-refractivity contribution in [3.8, 4) is 5.75 Å². The van der Waals surface area contributed by atoms with E-state index in [1.165, 1.54) is 18.5 Å². The molecule has 0 unspecified atom stereocenters. The van der Waals surface area contributed by atoms with Gasteiger partial charge in [0, 0.05) is 19.6 Å². The predicted molar refractivity (Wildman–Crippen MR) is 75.0 cm³/mol. The molecule has 100 valence electrons. The quantitative estimate of drug-likeness (QED) is 0.884. The Balaban J connectivity index is 1.95. The van der Waals surface area contributed by atoms with Crippen molar-refractivity contribution < 1.29 is 4.74 Å². The van der Waals surface area contributed by atoms with Gasteiger partial charge in [-0.3, -0.25) is 4.90 Å². The first-order chi connectivity index (χ1) is 8.74. The highest BCUT2D eigenvalue weighted by molar-refractivity contribution is 5.28. The van der Waals surface area contributed by atoms with Gasteiger partial charge in [-0.15, -0.1) is 0 Å². The van der Waals surface area contributed by atoms with E-state index in [1.54, 1.807) is 0 Å². The van der Waals surface area contributed by atoms with Crippen LogP contribution in [-0.2, 0) is 6.54 Å². The Labute approximate surface area is 110 Å². The zero-order valence-corrected chi connectivity index (χ0v) is 11.5. The van der Waals surface area contributed by atoms with Crippen LogP contribution in [0.25, 0.3) is 0 Å². The van der Waals surface area contributed by atoms with Gasteiger partial charge in [0.2, 0.25) is 0 Å². The predicted octanol–water partition coefficient (Wildman–Crippen LogP) is 2.27. The van der Waals surface area contributed by atoms with E-state index in [-0.39, 0.29) is 6.10 Å². The Hall–Kier alpha value is -1.06. The number of hydrogen-bond donors (Lipinski definition) is 1. The zero-order chi connectivity index (χ0) is 12.8. The van der Waals surface area contributed by atoms with Gasteiger partial charge in [-0.2, -0.15) is 0 Å². The molecule has 2 rings (SSSR count). The van der Waals surface area contributed by atoms with Crippen LogP contribution in [0.1, 0.15) is 25.8 Å². The fourth-order valence-corrected chi connectivity index (χ4v) is 2.31. The van der Waals surface area contributed by atoms with Gasteiger partial charge in [0.25, 0.3) is 0 Å². The number of benzene rings is 1. The molecular weight excluding hydrogens is 224 g/mol. The second-order valence-electron chi connectivity index (χ2n) is 5.19. The van der Waals surface area contributed by atoms with Gasteiger partial charge < -0.3 is 10.1 Å². The summed E-state index contributed by atoms with van der Waals surface area (Å²) < 4.78 is 5.74. The van der Waals surface area contributed by atoms with Gasteiger partial charge in [0.15, 0.2) is 0 Å². The summed E-state index contributed by atoms with van der Waals surface area (Å²) in [6.07, 6.45) is 1.48. The van der Waals surface area contributed by atoms with Crippen molar-refractivity contribution in [1.82, 2.24) is 10.2 Å². The van der Waals surface area contributed by atoms with Gasteiger partial charge in [-0.25, -0.2) is 0 Å². The number of nitrogens with zero attached hydrogens (tertiary/aromatic N) is 1. The molecule has 1 aromatic rings. The van der Waals surface area contributed by atoms with E-state index < -0.39 is 0 Å². The van der Waals surface area contributed by atoms with Crippen LogP contribution < -0.4 is 10.1 Å². The van der Waals surface area contributed by atoms with Crippen molar-refractivity contribution in [1.29, 1.82) is 0 Å². The maximum Gasteiger partial charge on any atom is 0.120 e. The van der Waals surface area contributed by atoms with Crippen molar-refractivity contribution in [2.45, 2.75) is 32.9 Å². The molecule has 1 aromatic carbocycles. The maximum atomic E-state index is 5.74. The highest BCUT2D eigenvalue weighted by atomic mass is 16.5. The van der Waals surface area contributed by atoms with E-state index in [4.69, 9.17) is 4.74 Å². The minimum atomic E-state index is 0.239. The molecule has 0 bridgehead atoms. The topological polar surface area (TPSA) is 24.5 Å². The van der Waals surface area contributed by atoms with E-state index in [0.717, 1.165) is 31.9 Å². The van der Waals surface area contributed by atoms with Crippen LogP contribution in [0.15, 0.2) is 24.3 Å². The standard InChI is InChI=1S/C15H24N2O/c1-13(2)18-15-6-3-5-14(11-15)12-17-9-4-7-16-8-10-17/h3,5-6,11,13,16H,4,7-10,12H2,1-2H3. The molecule has 0 aliphatic carbocycles. The largest absolute Gasteiger partial charge is 0.491 e. The molecule has 0 spiro atoms. The minimum Gasteiger partial charge on any atom is -0.491 e. The van der Waals surface area contributed by atoms with Gasteiger partial charge >= 0.3 is 0 Å². The second kappa shape index (κ2) is 6.76. The summed E-state index contributed by atoms with van der Waals surface area (Å²) >= 11 is 0. The minimum absolute atomic E-state index is 0.239. The molecule has 1 saturated heterocycles. The highest BCUT2D eigenvalue weighted by Gasteiger charge is 2.09. The molecule has 1 heterocycles. The molecule has 1 aliphatic heterocycles. The number of nitrogens with one attached hydrogen (secondary N) is 1. The fraction of sp³-hybridized carbons (Fsp3) is 0.600. The Morgan fingerprint density at radius 1 is 1.28 bits per heavy atom. The smallest absolute Gasteiger partial charge is 0.120 e. The summed E-state index contributed by atoms with van der Waals surface area (Å²) in [4.78, 5) is 2.51. The summed E-state index contributed by atoms with van der Waals surface area (Å²) in [5.74, 6) is 0.982. The van der Waals surface area contributed by atoms with Crippen LogP contribution in [0.4, 0.5) is 0 Å². The third-order valence-electron chi connectivity index (χ3n) is 3.11. The molecule has 0 radical (unpaired) electrons. The van der Waals surface area contributed by atoms with Crippen molar-refractivity contribution in [2.75, 3.05) is 26.2 Å². The van der Waals surface area contributed by atoms with Crippen LogP contribution in [0.5, 0.6) is 5.75 Å². The SMILES string of the molecule is CC(C)Oc1cccc(CN2CCCNCC2)c1. The van der Waals surface area contributed by atoms with Crippen molar-refractivity contribution >= 4 is 0 Å². The van der Waals surface area contributed by atoms with Crippen LogP contribution >= 0.6 is 0 Å². The van der Waals surface area contributed by atoms with E-state index in [0.29, 0.717) is 0 Å². The third-order valence-corrected chi connectivity index (χ3v) is 3.11. The summed E-state index contributed by atoms with van der Waals surface area (Å²) in [5, 5.41) is 3.43. The molecule has 1 N–H and O–H groups in total. The van der Waals surface area contributed by atoms with E-state index in [9.17, 15) is 0 Å². The fourth-order valence-electron chi connectivity index (χ4n) is 2.31. The lowest BCUT2D eigenvalue weighted by Gasteiger charge is -2.20. The first-order valence-electron chi connectivity index (χ1n) is 6.93. The first kappa shape index (κ1) is 13.4. The van der Waals surface area contributed by atoms with E-state index >= 15 is 0 Å². The Kier molecular flexibility index (Phi) is 5.02. The van der Waals surface area contributed by atoms with Gasteiger partial charge in [-0.1, -0.05) is 12.1 Å².